The Morgan fingerprint density at radius 3 is 2.78 bits per heavy atom. The van der Waals surface area contributed by atoms with Crippen LogP contribution in [-0.4, -0.2) is 28.8 Å². The molecule has 3 N–H and O–H groups in total. The molecule has 0 fully saturated rings. The second-order valence-electron chi connectivity index (χ2n) is 4.35. The fraction of sp³-hybridized carbons (Fsp3) is 0.500. The van der Waals surface area contributed by atoms with Crippen LogP contribution in [0.25, 0.3) is 0 Å². The number of rotatable bonds is 5. The van der Waals surface area contributed by atoms with Crippen molar-refractivity contribution in [2.24, 2.45) is 5.92 Å². The van der Waals surface area contributed by atoms with Crippen molar-refractivity contribution >= 4 is 23.3 Å². The Labute approximate surface area is 112 Å². The summed E-state index contributed by atoms with van der Waals surface area (Å²) in [5.41, 5.74) is 0.571. The van der Waals surface area contributed by atoms with Crippen molar-refractivity contribution in [3.63, 3.8) is 0 Å². The molecule has 18 heavy (non-hydrogen) atoms. The Morgan fingerprint density at radius 2 is 2.22 bits per heavy atom. The molecule has 1 unspecified atom stereocenters. The van der Waals surface area contributed by atoms with Crippen molar-refractivity contribution in [1.82, 2.24) is 10.3 Å². The minimum absolute atomic E-state index is 0.190. The van der Waals surface area contributed by atoms with Crippen LogP contribution in [0.2, 0.25) is 5.15 Å². The van der Waals surface area contributed by atoms with Gasteiger partial charge >= 0.3 is 6.03 Å². The monoisotopic (exact) mass is 271 g/mol. The van der Waals surface area contributed by atoms with Gasteiger partial charge < -0.3 is 15.7 Å². The van der Waals surface area contributed by atoms with Gasteiger partial charge in [-0.3, -0.25) is 0 Å². The summed E-state index contributed by atoms with van der Waals surface area (Å²) in [4.78, 5) is 15.3. The smallest absolute Gasteiger partial charge is 0.319 e. The molecule has 0 aliphatic rings. The van der Waals surface area contributed by atoms with Crippen LogP contribution in [0, 0.1) is 5.92 Å². The molecule has 0 aliphatic carbocycles. The number of nitrogens with one attached hydrogen (secondary N) is 2. The molecule has 100 valence electrons. The summed E-state index contributed by atoms with van der Waals surface area (Å²) in [5, 5.41) is 15.2. The van der Waals surface area contributed by atoms with Crippen molar-refractivity contribution in [3.8, 4) is 0 Å². The summed E-state index contributed by atoms with van der Waals surface area (Å²) in [7, 11) is 0. The van der Waals surface area contributed by atoms with E-state index in [1.54, 1.807) is 12.1 Å². The lowest BCUT2D eigenvalue weighted by Gasteiger charge is -2.14. The number of halogens is 1. The summed E-state index contributed by atoms with van der Waals surface area (Å²) >= 11 is 5.63. The third-order valence-electron chi connectivity index (χ3n) is 2.48. The van der Waals surface area contributed by atoms with Crippen molar-refractivity contribution in [3.05, 3.63) is 23.5 Å². The lowest BCUT2D eigenvalue weighted by atomic mass is 10.0. The summed E-state index contributed by atoms with van der Waals surface area (Å²) < 4.78 is 0. The molecular formula is C12H18ClN3O2. The van der Waals surface area contributed by atoms with E-state index in [2.05, 4.69) is 15.6 Å². The highest BCUT2D eigenvalue weighted by molar-refractivity contribution is 6.29. The predicted octanol–water partition coefficient (Wildman–Crippen LogP) is 2.26. The molecule has 0 saturated heterocycles. The average Bonchev–Trinajstić information content (AvgIpc) is 2.32. The van der Waals surface area contributed by atoms with Crippen molar-refractivity contribution < 1.29 is 9.90 Å². The van der Waals surface area contributed by atoms with E-state index in [0.717, 1.165) is 0 Å². The number of nitrogens with zero attached hydrogens (tertiary/aromatic N) is 1. The molecule has 0 saturated carbocycles. The van der Waals surface area contributed by atoms with E-state index in [4.69, 9.17) is 11.6 Å². The van der Waals surface area contributed by atoms with E-state index in [9.17, 15) is 9.90 Å². The molecule has 5 nitrogen and oxygen atoms in total. The second-order valence-corrected chi connectivity index (χ2v) is 4.74. The number of aromatic nitrogens is 1. The lowest BCUT2D eigenvalue weighted by molar-refractivity contribution is 0.117. The molecule has 1 rings (SSSR count). The van der Waals surface area contributed by atoms with Gasteiger partial charge in [0.15, 0.2) is 0 Å². The van der Waals surface area contributed by atoms with Crippen LogP contribution in [0.4, 0.5) is 10.5 Å². The molecule has 2 amide bonds. The van der Waals surface area contributed by atoms with Crippen LogP contribution in [0.5, 0.6) is 0 Å². The van der Waals surface area contributed by atoms with E-state index in [0.29, 0.717) is 23.8 Å². The Hall–Kier alpha value is -1.33. The number of hydrogen-bond acceptors (Lipinski definition) is 3. The third kappa shape index (κ3) is 5.33. The molecule has 1 atom stereocenters. The zero-order chi connectivity index (χ0) is 13.5. The topological polar surface area (TPSA) is 74.2 Å². The van der Waals surface area contributed by atoms with Crippen LogP contribution in [0.1, 0.15) is 20.3 Å². The first-order valence-electron chi connectivity index (χ1n) is 5.83. The summed E-state index contributed by atoms with van der Waals surface area (Å²) in [5.74, 6) is 0.190. The molecule has 0 bridgehead atoms. The first-order valence-corrected chi connectivity index (χ1v) is 6.21. The van der Waals surface area contributed by atoms with Gasteiger partial charge in [-0.2, -0.15) is 0 Å². The van der Waals surface area contributed by atoms with Gasteiger partial charge in [-0.1, -0.05) is 25.4 Å². The number of amides is 2. The molecule has 1 aromatic heterocycles. The summed E-state index contributed by atoms with van der Waals surface area (Å²) in [6, 6.07) is 2.94. The zero-order valence-corrected chi connectivity index (χ0v) is 11.2. The summed E-state index contributed by atoms with van der Waals surface area (Å²) in [6.45, 7) is 4.29. The molecule has 1 aromatic rings. The van der Waals surface area contributed by atoms with Gasteiger partial charge in [0.2, 0.25) is 0 Å². The minimum Gasteiger partial charge on any atom is -0.393 e. The highest BCUT2D eigenvalue weighted by Gasteiger charge is 2.09. The quantitative estimate of drug-likeness (QED) is 0.719. The maximum absolute atomic E-state index is 11.5. The number of carbonyl (C=O) groups is 1. The first kappa shape index (κ1) is 14.7. The molecule has 1 heterocycles. The minimum atomic E-state index is -0.400. The highest BCUT2D eigenvalue weighted by atomic mass is 35.5. The predicted molar refractivity (Wildman–Crippen MR) is 71.7 cm³/mol. The number of hydrogen-bond donors (Lipinski definition) is 3. The number of aliphatic hydroxyl groups excluding tert-OH is 1. The van der Waals surface area contributed by atoms with Gasteiger partial charge in [0.1, 0.15) is 5.15 Å². The molecule has 0 aliphatic heterocycles. The maximum Gasteiger partial charge on any atom is 0.319 e. The Balaban J connectivity index is 2.27. The van der Waals surface area contributed by atoms with Crippen LogP contribution in [0.15, 0.2) is 18.3 Å². The number of anilines is 1. The largest absolute Gasteiger partial charge is 0.393 e. The Morgan fingerprint density at radius 1 is 1.50 bits per heavy atom. The SMILES string of the molecule is CC(C)C(O)CCNC(=O)Nc1ccc(Cl)nc1. The normalized spacial score (nSPS) is 12.3. The van der Waals surface area contributed by atoms with Gasteiger partial charge in [0.25, 0.3) is 0 Å². The second kappa shape index (κ2) is 7.18. The maximum atomic E-state index is 11.5. The standard InChI is InChI=1S/C12H18ClN3O2/c1-8(2)10(17)5-6-14-12(18)16-9-3-4-11(13)15-7-9/h3-4,7-8,10,17H,5-6H2,1-2H3,(H2,14,16,18). The molecular weight excluding hydrogens is 254 g/mol. The zero-order valence-electron chi connectivity index (χ0n) is 10.5. The van der Waals surface area contributed by atoms with E-state index < -0.39 is 6.10 Å². The van der Waals surface area contributed by atoms with E-state index in [1.165, 1.54) is 6.20 Å². The van der Waals surface area contributed by atoms with Gasteiger partial charge in [-0.25, -0.2) is 9.78 Å². The molecule has 0 spiro atoms. The number of pyridine rings is 1. The van der Waals surface area contributed by atoms with E-state index in [-0.39, 0.29) is 11.9 Å². The van der Waals surface area contributed by atoms with E-state index in [1.807, 2.05) is 13.8 Å². The van der Waals surface area contributed by atoms with Gasteiger partial charge in [-0.05, 0) is 24.5 Å². The summed E-state index contributed by atoms with van der Waals surface area (Å²) in [6.07, 6.45) is 1.61. The fourth-order valence-electron chi connectivity index (χ4n) is 1.29. The van der Waals surface area contributed by atoms with Crippen molar-refractivity contribution in [2.45, 2.75) is 26.4 Å². The highest BCUT2D eigenvalue weighted by Crippen LogP contribution is 2.09. The molecule has 0 aromatic carbocycles. The number of aliphatic hydroxyl groups is 1. The van der Waals surface area contributed by atoms with Crippen LogP contribution in [0.3, 0.4) is 0 Å². The Bertz CT molecular complexity index is 381. The van der Waals surface area contributed by atoms with Gasteiger partial charge in [0, 0.05) is 6.54 Å². The van der Waals surface area contributed by atoms with Crippen LogP contribution < -0.4 is 10.6 Å². The van der Waals surface area contributed by atoms with E-state index >= 15 is 0 Å². The number of carbonyl (C=O) groups excluding carboxylic acids is 1. The van der Waals surface area contributed by atoms with Crippen LogP contribution in [-0.2, 0) is 0 Å². The first-order chi connectivity index (χ1) is 8.49. The Kier molecular flexibility index (Phi) is 5.88. The number of urea groups is 1. The molecule has 0 radical (unpaired) electrons. The van der Waals surface area contributed by atoms with Crippen molar-refractivity contribution in [2.75, 3.05) is 11.9 Å². The molecule has 6 heteroatoms. The van der Waals surface area contributed by atoms with Gasteiger partial charge in [-0.15, -0.1) is 0 Å². The van der Waals surface area contributed by atoms with Gasteiger partial charge in [0.05, 0.1) is 18.0 Å². The lowest BCUT2D eigenvalue weighted by Crippen LogP contribution is -2.32. The van der Waals surface area contributed by atoms with Crippen LogP contribution >= 0.6 is 11.6 Å². The third-order valence-corrected chi connectivity index (χ3v) is 2.70. The fourth-order valence-corrected chi connectivity index (χ4v) is 1.40. The van der Waals surface area contributed by atoms with Crippen molar-refractivity contribution in [1.29, 1.82) is 0 Å². The average molecular weight is 272 g/mol.